The van der Waals surface area contributed by atoms with E-state index in [1.165, 1.54) is 6.42 Å². The maximum Gasteiger partial charge on any atom is -0.0246 e. The third-order valence-electron chi connectivity index (χ3n) is 17.1. The summed E-state index contributed by atoms with van der Waals surface area (Å²) in [4.78, 5) is 0. The zero-order valence-corrected chi connectivity index (χ0v) is 27.3. The monoisotopic (exact) mass is 535 g/mol. The molecule has 12 aliphatic rings. The van der Waals surface area contributed by atoms with Crippen molar-refractivity contribution in [3.05, 3.63) is 0 Å². The molecule has 0 aromatic rings. The normalized spacial score (nSPS) is 56.3. The lowest BCUT2D eigenvalue weighted by Gasteiger charge is -2.62. The summed E-state index contributed by atoms with van der Waals surface area (Å²) in [6.45, 7) is 17.6. The van der Waals surface area contributed by atoms with Gasteiger partial charge in [-0.2, -0.15) is 0 Å². The summed E-state index contributed by atoms with van der Waals surface area (Å²) in [6, 6.07) is 0. The Morgan fingerprint density at radius 2 is 0.718 bits per heavy atom. The highest BCUT2D eigenvalue weighted by Crippen LogP contribution is 2.65. The zero-order valence-electron chi connectivity index (χ0n) is 27.3. The molecule has 12 bridgehead atoms. The lowest BCUT2D eigenvalue weighted by Crippen LogP contribution is -2.53. The molecule has 0 atom stereocenters. The second-order valence-corrected chi connectivity index (χ2v) is 19.1. The van der Waals surface area contributed by atoms with Crippen LogP contribution in [0.25, 0.3) is 0 Å². The first kappa shape index (κ1) is 27.8. The molecule has 12 saturated carbocycles. The van der Waals surface area contributed by atoms with E-state index in [2.05, 4.69) is 48.5 Å². The summed E-state index contributed by atoms with van der Waals surface area (Å²) in [7, 11) is 0. The molecule has 0 nitrogen and oxygen atoms in total. The molecule has 0 radical (unpaired) electrons. The van der Waals surface area contributed by atoms with Gasteiger partial charge in [0, 0.05) is 0 Å². The van der Waals surface area contributed by atoms with Gasteiger partial charge < -0.3 is 0 Å². The molecule has 0 heteroatoms. The van der Waals surface area contributed by atoms with Crippen molar-refractivity contribution >= 4 is 0 Å². The van der Waals surface area contributed by atoms with Gasteiger partial charge >= 0.3 is 0 Å². The van der Waals surface area contributed by atoms with E-state index in [1.807, 2.05) is 0 Å². The molecule has 0 aliphatic heterocycles. The van der Waals surface area contributed by atoms with Gasteiger partial charge in [-0.3, -0.25) is 0 Å². The third kappa shape index (κ3) is 4.47. The van der Waals surface area contributed by atoms with Gasteiger partial charge in [-0.05, 0) is 189 Å². The van der Waals surface area contributed by atoms with Crippen molar-refractivity contribution in [3.8, 4) is 0 Å². The van der Waals surface area contributed by atoms with Crippen molar-refractivity contribution < 1.29 is 0 Å². The average Bonchev–Trinajstić information content (AvgIpc) is 2.88. The molecule has 0 aromatic heterocycles. The van der Waals surface area contributed by atoms with E-state index >= 15 is 0 Å². The second kappa shape index (κ2) is 9.76. The SMILES string of the molecule is CC(C)C1(C)C2CC3CC(C2)CC1C3.CC1(C)C2CC3CC(C2)CC1C3.CCC1(C)C2CC3CC(C2)CC1C3. The number of rotatable bonds is 2. The van der Waals surface area contributed by atoms with Crippen LogP contribution in [0.4, 0.5) is 0 Å². The van der Waals surface area contributed by atoms with Gasteiger partial charge in [0.25, 0.3) is 0 Å². The molecule has 39 heavy (non-hydrogen) atoms. The van der Waals surface area contributed by atoms with Crippen molar-refractivity contribution in [2.24, 2.45) is 93.2 Å². The number of hydrogen-bond donors (Lipinski definition) is 0. The summed E-state index contributed by atoms with van der Waals surface area (Å²) in [5.41, 5.74) is 2.15. The van der Waals surface area contributed by atoms with E-state index in [0.29, 0.717) is 10.8 Å². The first-order valence-corrected chi connectivity index (χ1v) is 18.5. The predicted molar refractivity (Wildman–Crippen MR) is 166 cm³/mol. The molecular weight excluding hydrogens is 468 g/mol. The largest absolute Gasteiger partial charge is 0.0648 e. The quantitative estimate of drug-likeness (QED) is 0.330. The predicted octanol–water partition coefficient (Wildman–Crippen LogP) is 11.4. The van der Waals surface area contributed by atoms with Gasteiger partial charge in [-0.15, -0.1) is 0 Å². The molecule has 0 aromatic carbocycles. The molecule has 12 aliphatic carbocycles. The van der Waals surface area contributed by atoms with Crippen LogP contribution in [-0.4, -0.2) is 0 Å². The Morgan fingerprint density at radius 3 is 1.00 bits per heavy atom. The maximum absolute atomic E-state index is 2.60. The lowest BCUT2D eigenvalue weighted by molar-refractivity contribution is -0.122. The molecule has 0 unspecified atom stereocenters. The first-order chi connectivity index (χ1) is 18.5. The Balaban J connectivity index is 0.0000000976. The van der Waals surface area contributed by atoms with E-state index in [0.717, 1.165) is 82.3 Å². The van der Waals surface area contributed by atoms with Gasteiger partial charge in [-0.1, -0.05) is 54.9 Å². The van der Waals surface area contributed by atoms with E-state index in [-0.39, 0.29) is 0 Å². The summed E-state index contributed by atoms with van der Waals surface area (Å²) < 4.78 is 0. The Bertz CT molecular complexity index is 802. The smallest absolute Gasteiger partial charge is 0.0246 e. The highest BCUT2D eigenvalue weighted by molar-refractivity contribution is 5.06. The Labute approximate surface area is 244 Å². The fourth-order valence-electron chi connectivity index (χ4n) is 14.4. The highest BCUT2D eigenvalue weighted by Gasteiger charge is 2.56. The summed E-state index contributed by atoms with van der Waals surface area (Å²) in [5, 5.41) is 0. The summed E-state index contributed by atoms with van der Waals surface area (Å²) in [6.07, 6.45) is 25.1. The minimum Gasteiger partial charge on any atom is -0.0648 e. The van der Waals surface area contributed by atoms with Crippen LogP contribution in [0.1, 0.15) is 151 Å². The molecular formula is C39H66. The van der Waals surface area contributed by atoms with Gasteiger partial charge in [0.2, 0.25) is 0 Å². The first-order valence-electron chi connectivity index (χ1n) is 18.5. The van der Waals surface area contributed by atoms with Crippen LogP contribution < -0.4 is 0 Å². The zero-order chi connectivity index (χ0) is 27.3. The Kier molecular flexibility index (Phi) is 6.96. The van der Waals surface area contributed by atoms with Crippen molar-refractivity contribution in [3.63, 3.8) is 0 Å². The third-order valence-corrected chi connectivity index (χ3v) is 17.1. The van der Waals surface area contributed by atoms with E-state index in [1.54, 1.807) is 96.3 Å². The summed E-state index contributed by atoms with van der Waals surface area (Å²) in [5.74, 6) is 14.3. The van der Waals surface area contributed by atoms with Crippen LogP contribution in [-0.2, 0) is 0 Å². The maximum atomic E-state index is 2.60. The van der Waals surface area contributed by atoms with E-state index < -0.39 is 0 Å². The molecule has 0 spiro atoms. The van der Waals surface area contributed by atoms with Crippen LogP contribution in [0, 0.1) is 93.2 Å². The van der Waals surface area contributed by atoms with Crippen molar-refractivity contribution in [2.75, 3.05) is 0 Å². The second-order valence-electron chi connectivity index (χ2n) is 19.1. The standard InChI is InChI=1S/C14H24.C13H22.C12H20/c1-9(2)14(3)12-5-10-4-11(7-12)8-13(14)6-10;1-3-13(2)11-5-9-4-10(7-11)8-12(13)6-9;1-12(2)10-4-8-3-9(6-10)7-11(12)5-8/h9-13H,4-8H2,1-3H3;9-12H,3-8H2,1-2H3;8-11H,3-7H2,1-2H3. The van der Waals surface area contributed by atoms with Crippen LogP contribution in [0.5, 0.6) is 0 Å². The highest BCUT2D eigenvalue weighted by atomic mass is 14.6. The van der Waals surface area contributed by atoms with Gasteiger partial charge in [0.1, 0.15) is 0 Å². The minimum absolute atomic E-state index is 0.702. The molecule has 0 heterocycles. The van der Waals surface area contributed by atoms with Crippen LogP contribution in [0.15, 0.2) is 0 Å². The number of hydrogen-bond acceptors (Lipinski definition) is 0. The Morgan fingerprint density at radius 1 is 0.436 bits per heavy atom. The lowest BCUT2D eigenvalue weighted by atomic mass is 9.43. The fourth-order valence-corrected chi connectivity index (χ4v) is 14.4. The fraction of sp³-hybridized carbons (Fsp3) is 1.00. The van der Waals surface area contributed by atoms with Gasteiger partial charge in [0.05, 0.1) is 0 Å². The summed E-state index contributed by atoms with van der Waals surface area (Å²) >= 11 is 0. The molecule has 12 fully saturated rings. The van der Waals surface area contributed by atoms with Crippen LogP contribution >= 0.6 is 0 Å². The molecule has 0 saturated heterocycles. The Hall–Kier alpha value is 0. The van der Waals surface area contributed by atoms with Gasteiger partial charge in [0.15, 0.2) is 0 Å². The molecule has 222 valence electrons. The van der Waals surface area contributed by atoms with E-state index in [4.69, 9.17) is 0 Å². The minimum atomic E-state index is 0.702. The van der Waals surface area contributed by atoms with Crippen LogP contribution in [0.2, 0.25) is 0 Å². The average molecular weight is 535 g/mol. The van der Waals surface area contributed by atoms with Crippen molar-refractivity contribution in [1.29, 1.82) is 0 Å². The van der Waals surface area contributed by atoms with Crippen molar-refractivity contribution in [1.82, 2.24) is 0 Å². The molecule has 0 N–H and O–H groups in total. The van der Waals surface area contributed by atoms with Crippen molar-refractivity contribution in [2.45, 2.75) is 151 Å². The topological polar surface area (TPSA) is 0 Å². The van der Waals surface area contributed by atoms with Gasteiger partial charge in [-0.25, -0.2) is 0 Å². The van der Waals surface area contributed by atoms with E-state index in [9.17, 15) is 0 Å². The van der Waals surface area contributed by atoms with Crippen LogP contribution in [0.3, 0.4) is 0 Å². The molecule has 0 amide bonds. The molecule has 12 rings (SSSR count).